The molecule has 24 heterocycles. The van der Waals surface area contributed by atoms with E-state index in [-0.39, 0.29) is 141 Å². The van der Waals surface area contributed by atoms with Gasteiger partial charge in [0.15, 0.2) is 105 Å². The van der Waals surface area contributed by atoms with E-state index in [1.54, 1.807) is 13.7 Å². The number of aromatic nitrogens is 24. The van der Waals surface area contributed by atoms with E-state index in [1.807, 2.05) is 0 Å². The van der Waals surface area contributed by atoms with Crippen LogP contribution < -0.4 is 51.1 Å². The van der Waals surface area contributed by atoms with Crippen LogP contribution in [0.2, 0.25) is 0 Å². The highest BCUT2D eigenvalue weighted by Gasteiger charge is 2.69. The molecule has 12 aromatic heterocycles. The molecule has 12 aliphatic heterocycles. The third-order valence-corrected chi connectivity index (χ3v) is 33.1. The molecule has 0 spiro atoms. The average Bonchev–Trinajstić information content (AvgIpc) is 1.56. The van der Waals surface area contributed by atoms with Gasteiger partial charge in [0.05, 0.1) is 116 Å². The highest BCUT2D eigenvalue weighted by atomic mass is 32.7. The number of hydrogen-bond acceptors (Lipinski definition) is 51. The number of anilines is 6. The van der Waals surface area contributed by atoms with Gasteiger partial charge in [0.25, 0.3) is 16.7 Å². The maximum Gasteiger partial charge on any atom is 0.386 e. The summed E-state index contributed by atoms with van der Waals surface area (Å²) in [6.45, 7) is -26.1. The molecular weight excluding hydrogens is 2040 g/mol. The van der Waals surface area contributed by atoms with Crippen LogP contribution in [0.5, 0.6) is 0 Å². The fourth-order valence-electron chi connectivity index (χ4n) is 17.9. The molecule has 12 aromatic rings. The lowest BCUT2D eigenvalue weighted by molar-refractivity contribution is -0.183. The summed E-state index contributed by atoms with van der Waals surface area (Å²) >= 11 is 31.2. The lowest BCUT2D eigenvalue weighted by atomic mass is 10.0. The monoisotopic (exact) mass is 2110 g/mol. The number of nitrogens with zero attached hydrogens (tertiary/aromatic N) is 21. The summed E-state index contributed by atoms with van der Waals surface area (Å²) in [5.74, 6) is 0.0892. The van der Waals surface area contributed by atoms with Gasteiger partial charge in [0.1, 0.15) is 107 Å². The van der Waals surface area contributed by atoms with Crippen molar-refractivity contribution in [3.8, 4) is 0 Å². The number of H-pyrrole nitrogens is 3. The zero-order chi connectivity index (χ0) is 93.9. The predicted molar refractivity (Wildman–Crippen MR) is 474 cm³/mol. The number of thiol groups is 1. The second-order valence-electron chi connectivity index (χ2n) is 32.3. The zero-order valence-electron chi connectivity index (χ0n) is 68.0. The molecule has 24 rings (SSSR count). The van der Waals surface area contributed by atoms with Crippen LogP contribution in [0.3, 0.4) is 0 Å². The Labute approximate surface area is 780 Å². The first kappa shape index (κ1) is 92.3. The topological polar surface area (TPSA) is 790 Å². The largest absolute Gasteiger partial charge is 0.386 e. The first-order chi connectivity index (χ1) is 64.3. The Kier molecular flexibility index (Phi) is 23.3. The number of ether oxygens (including phenoxy) is 9. The summed E-state index contributed by atoms with van der Waals surface area (Å²) in [6, 6.07) is 0. The molecule has 0 aromatic carbocycles. The van der Waals surface area contributed by atoms with Crippen molar-refractivity contribution in [2.75, 3.05) is 93.9 Å². The molecule has 12 fully saturated rings. The molecule has 60 nitrogen and oxygen atoms in total. The van der Waals surface area contributed by atoms with E-state index in [1.165, 1.54) is 70.6 Å². The van der Waals surface area contributed by atoms with Gasteiger partial charge >= 0.3 is 40.4 Å². The summed E-state index contributed by atoms with van der Waals surface area (Å²) < 4.78 is 149. The van der Waals surface area contributed by atoms with E-state index in [9.17, 15) is 43.4 Å². The molecule has 0 radical (unpaired) electrons. The van der Waals surface area contributed by atoms with Crippen LogP contribution in [0, 0.1) is 0 Å². The maximum absolute atomic E-state index is 13.7. The fourth-order valence-corrected chi connectivity index (χ4v) is 26.8. The summed E-state index contributed by atoms with van der Waals surface area (Å²) in [5.41, 5.74) is 31.7. The number of fused-ring (bicyclic) bond motifs is 12. The molecule has 27 atom stereocenters. The summed E-state index contributed by atoms with van der Waals surface area (Å²) in [5, 5.41) is 0. The Morgan fingerprint density at radius 3 is 0.941 bits per heavy atom. The number of nitrogens with two attached hydrogens (primary N) is 6. The quantitative estimate of drug-likeness (QED) is 0.0687. The Morgan fingerprint density at radius 1 is 0.356 bits per heavy atom. The second kappa shape index (κ2) is 34.1. The molecule has 0 amide bonds. The molecule has 12 bridgehead atoms. The lowest BCUT2D eigenvalue weighted by Crippen LogP contribution is -2.45. The molecular formula is C63H72N30O30P6S6. The van der Waals surface area contributed by atoms with Crippen molar-refractivity contribution in [1.82, 2.24) is 117 Å². The van der Waals surface area contributed by atoms with Crippen LogP contribution in [-0.2, 0) is 161 Å². The van der Waals surface area contributed by atoms with E-state index in [2.05, 4.69) is 102 Å². The number of imidazole rings is 6. The molecule has 12 aliphatic rings. The highest BCUT2D eigenvalue weighted by Crippen LogP contribution is 2.65. The lowest BCUT2D eigenvalue weighted by Gasteiger charge is -2.33. The molecule has 6 unspecified atom stereocenters. The van der Waals surface area contributed by atoms with Crippen LogP contribution in [0.1, 0.15) is 56.6 Å². The maximum atomic E-state index is 13.7. The van der Waals surface area contributed by atoms with Crippen molar-refractivity contribution in [3.05, 3.63) is 88.0 Å². The number of nitrogens with one attached hydrogen (secondary N) is 3. The normalized spacial score (nSPS) is 38.6. The van der Waals surface area contributed by atoms with Gasteiger partial charge < -0.3 is 133 Å². The van der Waals surface area contributed by atoms with Crippen LogP contribution in [0.15, 0.2) is 71.3 Å². The number of aromatic amines is 3. The van der Waals surface area contributed by atoms with Crippen molar-refractivity contribution >= 4 is 214 Å². The minimum absolute atomic E-state index is 0.00101. The minimum Gasteiger partial charge on any atom is -0.382 e. The third-order valence-electron chi connectivity index (χ3n) is 23.7. The first-order valence-corrected chi connectivity index (χ1v) is 55.7. The van der Waals surface area contributed by atoms with E-state index < -0.39 is 191 Å². The van der Waals surface area contributed by atoms with E-state index in [0.29, 0.717) is 33.5 Å². The van der Waals surface area contributed by atoms with Gasteiger partial charge in [-0.25, -0.2) is 64.4 Å². The van der Waals surface area contributed by atoms with Crippen LogP contribution >= 0.6 is 52.6 Å². The van der Waals surface area contributed by atoms with Crippen LogP contribution in [-0.4, -0.2) is 291 Å². The predicted octanol–water partition coefficient (Wildman–Crippen LogP) is -1.19. The highest BCUT2D eigenvalue weighted by molar-refractivity contribution is 8.44. The Bertz CT molecular complexity index is 6650. The molecule has 135 heavy (non-hydrogen) atoms. The third kappa shape index (κ3) is 16.8. The molecule has 0 aliphatic carbocycles. The van der Waals surface area contributed by atoms with Crippen molar-refractivity contribution in [2.24, 2.45) is 0 Å². The number of nitrogen functional groups attached to an aromatic ring is 6. The van der Waals surface area contributed by atoms with E-state index in [0.717, 1.165) is 0 Å². The Morgan fingerprint density at radius 2 is 0.630 bits per heavy atom. The van der Waals surface area contributed by atoms with Gasteiger partial charge in [0, 0.05) is 19.3 Å². The van der Waals surface area contributed by atoms with E-state index in [4.69, 9.17) is 190 Å². The van der Waals surface area contributed by atoms with Crippen molar-refractivity contribution in [1.29, 1.82) is 0 Å². The standard InChI is InChI=1S/3C21H24N10O10P2S2/c3*22-14-10-15(25-5-24-14)30(6-26-10)19-12-13-21(39-19,3-35-12)4-37-43(34,45)40-9-1-8(2-36-42(33,44)41-13)38-18(9)31-7-27-11-16(31)28-20(23)29-17(11)32/h3*5-9,12-13,18-19H,1-4H2,(H,33,44)(H,34,45)(H2,22,24,25)(H3,23,28,29,32)/t3*8-,9+,12+,13-,18+,19+,21+,42?,43?/m000/s1. The fraction of sp³-hybridized carbons (Fsp3) is 0.524. The smallest absolute Gasteiger partial charge is 0.382 e. The first-order valence-electron chi connectivity index (χ1n) is 40.0. The zero-order valence-corrected chi connectivity index (χ0v) is 78.4. The van der Waals surface area contributed by atoms with Gasteiger partial charge in [-0.05, 0) is 59.0 Å². The van der Waals surface area contributed by atoms with Crippen molar-refractivity contribution in [2.45, 2.75) is 147 Å². The van der Waals surface area contributed by atoms with Gasteiger partial charge in [-0.2, -0.15) is 15.0 Å². The molecule has 720 valence electrons. The van der Waals surface area contributed by atoms with Crippen molar-refractivity contribution in [3.63, 3.8) is 0 Å². The van der Waals surface area contributed by atoms with Crippen LogP contribution in [0.25, 0.3) is 67.0 Å². The average molecular weight is 2110 g/mol. The summed E-state index contributed by atoms with van der Waals surface area (Å²) in [4.78, 5) is 163. The van der Waals surface area contributed by atoms with Gasteiger partial charge in [-0.1, -0.05) is 12.2 Å². The van der Waals surface area contributed by atoms with Gasteiger partial charge in [-0.15, -0.1) is 0 Å². The molecule has 72 heteroatoms. The molecule has 0 saturated carbocycles. The van der Waals surface area contributed by atoms with E-state index >= 15 is 0 Å². The van der Waals surface area contributed by atoms with Crippen molar-refractivity contribution < 1.29 is 126 Å². The molecule has 12 saturated heterocycles. The van der Waals surface area contributed by atoms with Crippen LogP contribution in [0.4, 0.5) is 35.3 Å². The Hall–Kier alpha value is -7.71. The minimum atomic E-state index is -4.16. The Balaban J connectivity index is 0.000000118. The summed E-state index contributed by atoms with van der Waals surface area (Å²) in [7, 11) is 0. The summed E-state index contributed by atoms with van der Waals surface area (Å²) in [6.07, 6.45) is -3.81. The number of hydrogen-bond donors (Lipinski definition) is 15. The van der Waals surface area contributed by atoms with Gasteiger partial charge in [-0.3, -0.25) is 79.4 Å². The second-order valence-corrected chi connectivity index (χ2v) is 49.1. The number of rotatable bonds is 6. The van der Waals surface area contributed by atoms with Gasteiger partial charge in [0.2, 0.25) is 17.8 Å². The SMILES string of the molecule is Nc1nc2c(ncn2[C@@H]2O[C@@H]3COP(O)(=S)O[C@H]4[C@H]5OC[C@]4(COP(=O)(S)O[C@@H]2C3)O[C@H]5n2cnc3c(N)ncnc32)c(=O)[nH]1.Nc1nc2c(ncn2[C@@H]2O[C@@H]3COP(O)(=S)O[C@H]4[C@H]5OC[C@]4(COP(O)(=S)O[C@@H]2C3)O[C@H]5n2cnc3c(N)ncnc32)c(=O)[nH]1.Nc1nc2c(ncn2[C@@H]2O[C@@H]3COP(O)(=S)O[C@H]4[C@H]5OC[C@]4(COP(O)(=S)O[C@@H]2C3)O[C@H]5n2cnc3c(N)ncnc32)c(=O)[nH]1. The molecule has 20 N–H and O–H groups in total.